The second-order valence-electron chi connectivity index (χ2n) is 8.55. The van der Waals surface area contributed by atoms with E-state index in [0.29, 0.717) is 29.1 Å². The van der Waals surface area contributed by atoms with Gasteiger partial charge in [-0.15, -0.1) is 0 Å². The van der Waals surface area contributed by atoms with Crippen LogP contribution in [0.4, 0.5) is 0 Å². The average Bonchev–Trinajstić information content (AvgIpc) is 2.78. The summed E-state index contributed by atoms with van der Waals surface area (Å²) >= 11 is 0. The zero-order chi connectivity index (χ0) is 22.0. The van der Waals surface area contributed by atoms with Gasteiger partial charge < -0.3 is 19.5 Å². The fraction of sp³-hybridized carbons (Fsp3) is 0.520. The SMILES string of the molecule is COc1ccc(C2C(C(=O)OC3CCCCC3)=C(C)NC3=C2C(=O)CCC3)cc1OC. The molecular formula is C25H31NO5. The number of rotatable bonds is 5. The average molecular weight is 426 g/mol. The summed E-state index contributed by atoms with van der Waals surface area (Å²) in [4.78, 5) is 26.4. The van der Waals surface area contributed by atoms with Gasteiger partial charge in [-0.2, -0.15) is 0 Å². The molecule has 0 amide bonds. The van der Waals surface area contributed by atoms with E-state index in [2.05, 4.69) is 5.32 Å². The number of allylic oxidation sites excluding steroid dienone is 3. The van der Waals surface area contributed by atoms with E-state index in [1.807, 2.05) is 25.1 Å². The number of dihydropyridines is 1. The van der Waals surface area contributed by atoms with Crippen LogP contribution in [-0.2, 0) is 14.3 Å². The van der Waals surface area contributed by atoms with Crippen LogP contribution in [0.5, 0.6) is 11.5 Å². The summed E-state index contributed by atoms with van der Waals surface area (Å²) in [6, 6.07) is 5.59. The fourth-order valence-corrected chi connectivity index (χ4v) is 5.02. The molecule has 1 aliphatic heterocycles. The Bertz CT molecular complexity index is 939. The number of benzene rings is 1. The Labute approximate surface area is 183 Å². The van der Waals surface area contributed by atoms with E-state index in [1.165, 1.54) is 6.42 Å². The van der Waals surface area contributed by atoms with Crippen molar-refractivity contribution in [3.05, 3.63) is 46.3 Å². The van der Waals surface area contributed by atoms with E-state index >= 15 is 0 Å². The minimum atomic E-state index is -0.472. The molecule has 1 N–H and O–H groups in total. The lowest BCUT2D eigenvalue weighted by molar-refractivity contribution is -0.146. The molecular weight excluding hydrogens is 394 g/mol. The van der Waals surface area contributed by atoms with Gasteiger partial charge in [-0.05, 0) is 63.1 Å². The summed E-state index contributed by atoms with van der Waals surface area (Å²) in [5.74, 6) is 0.462. The molecule has 1 heterocycles. The zero-order valence-corrected chi connectivity index (χ0v) is 18.6. The predicted molar refractivity (Wildman–Crippen MR) is 117 cm³/mol. The molecule has 4 rings (SSSR count). The first-order chi connectivity index (χ1) is 15.0. The molecule has 0 aromatic heterocycles. The minimum Gasteiger partial charge on any atom is -0.493 e. The molecule has 1 aromatic carbocycles. The van der Waals surface area contributed by atoms with E-state index in [9.17, 15) is 9.59 Å². The number of esters is 1. The van der Waals surface area contributed by atoms with E-state index in [0.717, 1.165) is 55.5 Å². The van der Waals surface area contributed by atoms with Crippen molar-refractivity contribution in [1.82, 2.24) is 5.32 Å². The van der Waals surface area contributed by atoms with Crippen molar-refractivity contribution < 1.29 is 23.8 Å². The topological polar surface area (TPSA) is 73.9 Å². The summed E-state index contributed by atoms with van der Waals surface area (Å²) in [6.07, 6.45) is 7.22. The number of methoxy groups -OCH3 is 2. The Kier molecular flexibility index (Phi) is 6.35. The molecule has 6 heteroatoms. The first-order valence-electron chi connectivity index (χ1n) is 11.2. The number of carbonyl (C=O) groups is 2. The van der Waals surface area contributed by atoms with Crippen LogP contribution < -0.4 is 14.8 Å². The van der Waals surface area contributed by atoms with Gasteiger partial charge in [0.15, 0.2) is 17.3 Å². The molecule has 6 nitrogen and oxygen atoms in total. The molecule has 0 radical (unpaired) electrons. The van der Waals surface area contributed by atoms with Crippen LogP contribution in [-0.4, -0.2) is 32.1 Å². The van der Waals surface area contributed by atoms with E-state index < -0.39 is 5.92 Å². The third-order valence-electron chi connectivity index (χ3n) is 6.56. The summed E-state index contributed by atoms with van der Waals surface area (Å²) in [5.41, 5.74) is 3.71. The minimum absolute atomic E-state index is 0.0509. The van der Waals surface area contributed by atoms with Gasteiger partial charge >= 0.3 is 5.97 Å². The van der Waals surface area contributed by atoms with Gasteiger partial charge in [0.25, 0.3) is 0 Å². The van der Waals surface area contributed by atoms with E-state index in [4.69, 9.17) is 14.2 Å². The molecule has 1 aromatic rings. The Morgan fingerprint density at radius 3 is 2.45 bits per heavy atom. The number of ether oxygens (including phenoxy) is 3. The second-order valence-corrected chi connectivity index (χ2v) is 8.55. The van der Waals surface area contributed by atoms with Crippen LogP contribution in [0, 0.1) is 0 Å². The lowest BCUT2D eigenvalue weighted by Gasteiger charge is -2.35. The molecule has 0 spiro atoms. The highest BCUT2D eigenvalue weighted by atomic mass is 16.5. The standard InChI is InChI=1S/C25H31NO5/c1-15-22(25(28)31-17-8-5-4-6-9-17)23(24-18(26-15)10-7-11-19(24)27)16-12-13-20(29-2)21(14-16)30-3/h12-14,17,23,26H,4-11H2,1-3H3. The maximum atomic E-state index is 13.4. The third kappa shape index (κ3) is 4.21. The quantitative estimate of drug-likeness (QED) is 0.698. The molecule has 2 aliphatic carbocycles. The lowest BCUT2D eigenvalue weighted by atomic mass is 9.75. The fourth-order valence-electron chi connectivity index (χ4n) is 5.02. The second kappa shape index (κ2) is 9.16. The number of hydrogen-bond acceptors (Lipinski definition) is 6. The van der Waals surface area contributed by atoms with Crippen molar-refractivity contribution in [1.29, 1.82) is 0 Å². The number of Topliss-reactive ketones (excluding diaryl/α,β-unsaturated/α-hetero) is 1. The maximum Gasteiger partial charge on any atom is 0.337 e. The van der Waals surface area contributed by atoms with Crippen LogP contribution in [0.15, 0.2) is 40.7 Å². The smallest absolute Gasteiger partial charge is 0.337 e. The Balaban J connectivity index is 1.76. The van der Waals surface area contributed by atoms with Crippen LogP contribution in [0.2, 0.25) is 0 Å². The number of ketones is 1. The van der Waals surface area contributed by atoms with E-state index in [1.54, 1.807) is 14.2 Å². The molecule has 1 fully saturated rings. The van der Waals surface area contributed by atoms with Crippen molar-refractivity contribution in [3.8, 4) is 11.5 Å². The first-order valence-corrected chi connectivity index (χ1v) is 11.2. The van der Waals surface area contributed by atoms with Gasteiger partial charge in [-0.3, -0.25) is 4.79 Å². The highest BCUT2D eigenvalue weighted by Crippen LogP contribution is 2.44. The summed E-state index contributed by atoms with van der Waals surface area (Å²) in [7, 11) is 3.17. The van der Waals surface area contributed by atoms with Gasteiger partial charge in [-0.25, -0.2) is 4.79 Å². The molecule has 1 unspecified atom stereocenters. The van der Waals surface area contributed by atoms with Gasteiger partial charge in [0.05, 0.1) is 19.8 Å². The maximum absolute atomic E-state index is 13.4. The molecule has 166 valence electrons. The largest absolute Gasteiger partial charge is 0.493 e. The number of hydrogen-bond donors (Lipinski definition) is 1. The molecule has 1 atom stereocenters. The Morgan fingerprint density at radius 2 is 1.74 bits per heavy atom. The van der Waals surface area contributed by atoms with E-state index in [-0.39, 0.29) is 17.9 Å². The van der Waals surface area contributed by atoms with Crippen molar-refractivity contribution in [2.45, 2.75) is 70.3 Å². The highest BCUT2D eigenvalue weighted by Gasteiger charge is 2.40. The molecule has 1 saturated carbocycles. The third-order valence-corrected chi connectivity index (χ3v) is 6.56. The normalized spacial score (nSPS) is 22.0. The zero-order valence-electron chi connectivity index (χ0n) is 18.6. The Morgan fingerprint density at radius 1 is 1.00 bits per heavy atom. The summed E-state index contributed by atoms with van der Waals surface area (Å²) < 4.78 is 16.8. The van der Waals surface area contributed by atoms with Crippen molar-refractivity contribution >= 4 is 11.8 Å². The predicted octanol–water partition coefficient (Wildman–Crippen LogP) is 4.55. The van der Waals surface area contributed by atoms with Crippen molar-refractivity contribution in [2.75, 3.05) is 14.2 Å². The lowest BCUT2D eigenvalue weighted by Crippen LogP contribution is -2.35. The summed E-state index contributed by atoms with van der Waals surface area (Å²) in [6.45, 7) is 1.90. The van der Waals surface area contributed by atoms with Gasteiger partial charge in [0, 0.05) is 29.3 Å². The molecule has 31 heavy (non-hydrogen) atoms. The van der Waals surface area contributed by atoms with Crippen molar-refractivity contribution in [3.63, 3.8) is 0 Å². The first kappa shape index (κ1) is 21.5. The van der Waals surface area contributed by atoms with Gasteiger partial charge in [0.1, 0.15) is 6.10 Å². The van der Waals surface area contributed by atoms with Gasteiger partial charge in [0.2, 0.25) is 0 Å². The van der Waals surface area contributed by atoms with Crippen LogP contribution >= 0.6 is 0 Å². The van der Waals surface area contributed by atoms with Gasteiger partial charge in [-0.1, -0.05) is 12.5 Å². The Hall–Kier alpha value is -2.76. The molecule has 0 bridgehead atoms. The monoisotopic (exact) mass is 425 g/mol. The molecule has 3 aliphatic rings. The highest BCUT2D eigenvalue weighted by molar-refractivity contribution is 6.03. The van der Waals surface area contributed by atoms with Crippen LogP contribution in [0.1, 0.15) is 69.8 Å². The number of carbonyl (C=O) groups excluding carboxylic acids is 2. The summed E-state index contributed by atoms with van der Waals surface area (Å²) in [5, 5.41) is 3.35. The number of nitrogens with one attached hydrogen (secondary N) is 1. The van der Waals surface area contributed by atoms with Crippen molar-refractivity contribution in [2.24, 2.45) is 0 Å². The molecule has 0 saturated heterocycles. The van der Waals surface area contributed by atoms with Crippen LogP contribution in [0.3, 0.4) is 0 Å². The van der Waals surface area contributed by atoms with Crippen LogP contribution in [0.25, 0.3) is 0 Å².